The summed E-state index contributed by atoms with van der Waals surface area (Å²) in [5.74, 6) is 0.961. The van der Waals surface area contributed by atoms with Crippen molar-refractivity contribution in [2.75, 3.05) is 6.54 Å². The zero-order valence-corrected chi connectivity index (χ0v) is 9.44. The number of nitrogens with two attached hydrogens (primary N) is 1. The highest BCUT2D eigenvalue weighted by molar-refractivity contribution is 9.10. The second kappa shape index (κ2) is 4.50. The van der Waals surface area contributed by atoms with Gasteiger partial charge in [-0.25, -0.2) is 4.98 Å². The van der Waals surface area contributed by atoms with Crippen molar-refractivity contribution in [2.24, 2.45) is 5.73 Å². The van der Waals surface area contributed by atoms with Gasteiger partial charge < -0.3 is 10.2 Å². The number of halogens is 1. The van der Waals surface area contributed by atoms with Crippen LogP contribution < -0.4 is 5.73 Å². The zero-order chi connectivity index (χ0) is 10.7. The number of rotatable bonds is 3. The molecule has 0 saturated heterocycles. The minimum atomic E-state index is 0.422. The maximum atomic E-state index is 5.38. The van der Waals surface area contributed by atoms with Crippen molar-refractivity contribution in [3.05, 3.63) is 28.7 Å². The summed E-state index contributed by atoms with van der Waals surface area (Å²) < 4.78 is 6.28. The fourth-order valence-electron chi connectivity index (χ4n) is 1.08. The van der Waals surface area contributed by atoms with Gasteiger partial charge in [-0.15, -0.1) is 10.2 Å². The molecule has 0 amide bonds. The molecule has 0 aromatic carbocycles. The summed E-state index contributed by atoms with van der Waals surface area (Å²) in [6.07, 6.45) is 2.27. The zero-order valence-electron chi connectivity index (χ0n) is 7.85. The second-order valence-electron chi connectivity index (χ2n) is 2.90. The van der Waals surface area contributed by atoms with Gasteiger partial charge in [-0.1, -0.05) is 0 Å². The lowest BCUT2D eigenvalue weighted by Crippen LogP contribution is -2.02. The summed E-state index contributed by atoms with van der Waals surface area (Å²) in [5.41, 5.74) is 6.04. The SMILES string of the molecule is NCCc1nnc(-c2ccc(Br)cn2)o1. The van der Waals surface area contributed by atoms with Gasteiger partial charge in [-0.2, -0.15) is 0 Å². The highest BCUT2D eigenvalue weighted by atomic mass is 79.9. The van der Waals surface area contributed by atoms with Gasteiger partial charge in [0.2, 0.25) is 5.89 Å². The fraction of sp³-hybridized carbons (Fsp3) is 0.222. The molecule has 5 nitrogen and oxygen atoms in total. The lowest BCUT2D eigenvalue weighted by Gasteiger charge is -1.93. The third-order valence-electron chi connectivity index (χ3n) is 1.77. The van der Waals surface area contributed by atoms with Crippen LogP contribution in [0.2, 0.25) is 0 Å². The van der Waals surface area contributed by atoms with Crippen LogP contribution in [0.5, 0.6) is 0 Å². The van der Waals surface area contributed by atoms with Gasteiger partial charge in [0, 0.05) is 23.6 Å². The summed E-state index contributed by atoms with van der Waals surface area (Å²) in [6.45, 7) is 0.495. The maximum absolute atomic E-state index is 5.38. The van der Waals surface area contributed by atoms with Crippen LogP contribution in [0.1, 0.15) is 5.89 Å². The van der Waals surface area contributed by atoms with E-state index in [0.29, 0.717) is 30.4 Å². The molecule has 0 aliphatic rings. The number of hydrogen-bond donors (Lipinski definition) is 1. The lowest BCUT2D eigenvalue weighted by atomic mass is 10.3. The Bertz CT molecular complexity index is 440. The van der Waals surface area contributed by atoms with E-state index in [0.717, 1.165) is 4.47 Å². The van der Waals surface area contributed by atoms with Gasteiger partial charge >= 0.3 is 0 Å². The fourth-order valence-corrected chi connectivity index (χ4v) is 1.32. The van der Waals surface area contributed by atoms with Crippen LogP contribution in [0, 0.1) is 0 Å². The molecule has 2 aromatic heterocycles. The first kappa shape index (κ1) is 10.3. The Labute approximate surface area is 94.8 Å². The van der Waals surface area contributed by atoms with E-state index in [1.807, 2.05) is 12.1 Å². The highest BCUT2D eigenvalue weighted by Crippen LogP contribution is 2.17. The van der Waals surface area contributed by atoms with Gasteiger partial charge in [0.1, 0.15) is 5.69 Å². The van der Waals surface area contributed by atoms with Crippen LogP contribution >= 0.6 is 15.9 Å². The number of nitrogens with zero attached hydrogens (tertiary/aromatic N) is 3. The molecule has 15 heavy (non-hydrogen) atoms. The van der Waals surface area contributed by atoms with E-state index in [1.54, 1.807) is 6.20 Å². The van der Waals surface area contributed by atoms with Crippen molar-refractivity contribution >= 4 is 15.9 Å². The maximum Gasteiger partial charge on any atom is 0.266 e. The second-order valence-corrected chi connectivity index (χ2v) is 3.82. The molecule has 0 fully saturated rings. The quantitative estimate of drug-likeness (QED) is 0.911. The first-order valence-electron chi connectivity index (χ1n) is 4.44. The normalized spacial score (nSPS) is 10.5. The van der Waals surface area contributed by atoms with Crippen molar-refractivity contribution in [3.8, 4) is 11.6 Å². The standard InChI is InChI=1S/C9H9BrN4O/c10-6-1-2-7(12-5-6)9-14-13-8(15-9)3-4-11/h1-2,5H,3-4,11H2. The van der Waals surface area contributed by atoms with Crippen molar-refractivity contribution in [1.82, 2.24) is 15.2 Å². The van der Waals surface area contributed by atoms with E-state index in [1.165, 1.54) is 0 Å². The molecular weight excluding hydrogens is 260 g/mol. The molecule has 2 aromatic rings. The average molecular weight is 269 g/mol. The third-order valence-corrected chi connectivity index (χ3v) is 2.24. The van der Waals surface area contributed by atoms with Crippen molar-refractivity contribution < 1.29 is 4.42 Å². The molecule has 0 saturated carbocycles. The van der Waals surface area contributed by atoms with Crippen molar-refractivity contribution in [1.29, 1.82) is 0 Å². The largest absolute Gasteiger partial charge is 0.419 e. The third kappa shape index (κ3) is 2.40. The Morgan fingerprint density at radius 3 is 2.87 bits per heavy atom. The monoisotopic (exact) mass is 268 g/mol. The van der Waals surface area contributed by atoms with E-state index in [4.69, 9.17) is 10.2 Å². The van der Waals surface area contributed by atoms with Crippen LogP contribution in [0.25, 0.3) is 11.6 Å². The molecule has 0 aliphatic carbocycles. The average Bonchev–Trinajstić information content (AvgIpc) is 2.68. The van der Waals surface area contributed by atoms with Crippen molar-refractivity contribution in [2.45, 2.75) is 6.42 Å². The van der Waals surface area contributed by atoms with Crippen LogP contribution in [0.4, 0.5) is 0 Å². The van der Waals surface area contributed by atoms with Crippen LogP contribution in [-0.2, 0) is 6.42 Å². The van der Waals surface area contributed by atoms with Gasteiger partial charge in [-0.3, -0.25) is 0 Å². The molecule has 0 atom stereocenters. The lowest BCUT2D eigenvalue weighted by molar-refractivity contribution is 0.505. The molecule has 2 rings (SSSR count). The minimum Gasteiger partial charge on any atom is -0.419 e. The smallest absolute Gasteiger partial charge is 0.266 e. The summed E-state index contributed by atoms with van der Waals surface area (Å²) in [4.78, 5) is 4.15. The summed E-state index contributed by atoms with van der Waals surface area (Å²) in [6, 6.07) is 3.68. The Hall–Kier alpha value is -1.27. The van der Waals surface area contributed by atoms with E-state index in [2.05, 4.69) is 31.1 Å². The molecule has 0 unspecified atom stereocenters. The molecule has 2 heterocycles. The molecular formula is C9H9BrN4O. The summed E-state index contributed by atoms with van der Waals surface area (Å²) >= 11 is 3.30. The Balaban J connectivity index is 2.25. The number of hydrogen-bond acceptors (Lipinski definition) is 5. The van der Waals surface area contributed by atoms with Gasteiger partial charge in [0.25, 0.3) is 5.89 Å². The Kier molecular flexibility index (Phi) is 3.08. The number of pyridine rings is 1. The molecule has 78 valence electrons. The molecule has 0 spiro atoms. The highest BCUT2D eigenvalue weighted by Gasteiger charge is 2.08. The minimum absolute atomic E-state index is 0.422. The van der Waals surface area contributed by atoms with E-state index in [-0.39, 0.29) is 0 Å². The summed E-state index contributed by atoms with van der Waals surface area (Å²) in [5, 5.41) is 7.74. The van der Waals surface area contributed by atoms with Crippen LogP contribution in [-0.4, -0.2) is 21.7 Å². The summed E-state index contributed by atoms with van der Waals surface area (Å²) in [7, 11) is 0. The van der Waals surface area contributed by atoms with E-state index < -0.39 is 0 Å². The topological polar surface area (TPSA) is 77.8 Å². The molecule has 0 bridgehead atoms. The first-order chi connectivity index (χ1) is 7.29. The predicted molar refractivity (Wildman–Crippen MR) is 58.0 cm³/mol. The number of aromatic nitrogens is 3. The van der Waals surface area contributed by atoms with Gasteiger partial charge in [-0.05, 0) is 28.1 Å². The van der Waals surface area contributed by atoms with Gasteiger partial charge in [0.05, 0.1) is 0 Å². The Morgan fingerprint density at radius 1 is 1.33 bits per heavy atom. The van der Waals surface area contributed by atoms with Crippen molar-refractivity contribution in [3.63, 3.8) is 0 Å². The van der Waals surface area contributed by atoms with Crippen LogP contribution in [0.3, 0.4) is 0 Å². The molecule has 0 aliphatic heterocycles. The first-order valence-corrected chi connectivity index (χ1v) is 5.23. The molecule has 2 N–H and O–H groups in total. The van der Waals surface area contributed by atoms with E-state index >= 15 is 0 Å². The van der Waals surface area contributed by atoms with Gasteiger partial charge in [0.15, 0.2) is 0 Å². The van der Waals surface area contributed by atoms with Crippen LogP contribution in [0.15, 0.2) is 27.2 Å². The molecule has 6 heteroatoms. The molecule has 0 radical (unpaired) electrons. The predicted octanol–water partition coefficient (Wildman–Crippen LogP) is 1.40. The Morgan fingerprint density at radius 2 is 2.20 bits per heavy atom. The van der Waals surface area contributed by atoms with E-state index in [9.17, 15) is 0 Å².